The highest BCUT2D eigenvalue weighted by Crippen LogP contribution is 2.36. The standard InChI is InChI=1S/C17H26N2S/c1-13(2)19-9-7-14(12-19)11-18-16-8-10-20-17-6-4-3-5-15(16)17/h3-6,13-14,16,18H,7-12H2,1-2H3. The Labute approximate surface area is 127 Å². The van der Waals surface area contributed by atoms with Gasteiger partial charge in [-0.2, -0.15) is 0 Å². The minimum atomic E-state index is 0.570. The Kier molecular flexibility index (Phi) is 4.69. The molecule has 0 bridgehead atoms. The van der Waals surface area contributed by atoms with Gasteiger partial charge in [-0.1, -0.05) is 18.2 Å². The van der Waals surface area contributed by atoms with Crippen molar-refractivity contribution < 1.29 is 0 Å². The third kappa shape index (κ3) is 3.21. The summed E-state index contributed by atoms with van der Waals surface area (Å²) < 4.78 is 0. The van der Waals surface area contributed by atoms with Gasteiger partial charge in [0.15, 0.2) is 0 Å². The molecule has 1 N–H and O–H groups in total. The minimum Gasteiger partial charge on any atom is -0.310 e. The molecule has 1 aromatic carbocycles. The van der Waals surface area contributed by atoms with Gasteiger partial charge >= 0.3 is 0 Å². The lowest BCUT2D eigenvalue weighted by molar-refractivity contribution is 0.262. The van der Waals surface area contributed by atoms with Gasteiger partial charge in [0.2, 0.25) is 0 Å². The molecule has 2 atom stereocenters. The van der Waals surface area contributed by atoms with Crippen LogP contribution in [0, 0.1) is 5.92 Å². The number of nitrogens with one attached hydrogen (secondary N) is 1. The molecule has 1 aromatic rings. The van der Waals surface area contributed by atoms with Gasteiger partial charge in [0.1, 0.15) is 0 Å². The monoisotopic (exact) mass is 290 g/mol. The molecule has 1 saturated heterocycles. The van der Waals surface area contributed by atoms with Crippen LogP contribution in [0.15, 0.2) is 29.2 Å². The van der Waals surface area contributed by atoms with Gasteiger partial charge in [0, 0.05) is 23.5 Å². The molecule has 0 saturated carbocycles. The van der Waals surface area contributed by atoms with E-state index < -0.39 is 0 Å². The highest BCUT2D eigenvalue weighted by Gasteiger charge is 2.26. The first-order valence-corrected chi connectivity index (χ1v) is 8.91. The molecular formula is C17H26N2S. The minimum absolute atomic E-state index is 0.570. The first-order valence-electron chi connectivity index (χ1n) is 7.93. The van der Waals surface area contributed by atoms with E-state index >= 15 is 0 Å². The lowest BCUT2D eigenvalue weighted by atomic mass is 10.0. The fraction of sp³-hybridized carbons (Fsp3) is 0.647. The van der Waals surface area contributed by atoms with Gasteiger partial charge < -0.3 is 10.2 Å². The molecule has 3 rings (SSSR count). The van der Waals surface area contributed by atoms with Crippen molar-refractivity contribution >= 4 is 11.8 Å². The highest BCUT2D eigenvalue weighted by atomic mass is 32.2. The molecule has 0 aliphatic carbocycles. The van der Waals surface area contributed by atoms with Crippen molar-refractivity contribution in [3.8, 4) is 0 Å². The molecule has 2 aliphatic rings. The summed E-state index contributed by atoms with van der Waals surface area (Å²) in [5.74, 6) is 2.08. The second-order valence-corrected chi connectivity index (χ2v) is 7.52. The summed E-state index contributed by atoms with van der Waals surface area (Å²) in [6.45, 7) is 8.34. The van der Waals surface area contributed by atoms with Crippen LogP contribution in [0.2, 0.25) is 0 Å². The van der Waals surface area contributed by atoms with E-state index in [9.17, 15) is 0 Å². The summed E-state index contributed by atoms with van der Waals surface area (Å²) in [6, 6.07) is 10.2. The predicted octanol–water partition coefficient (Wildman–Crippen LogP) is 3.54. The van der Waals surface area contributed by atoms with Crippen molar-refractivity contribution in [3.05, 3.63) is 29.8 Å². The zero-order chi connectivity index (χ0) is 13.9. The Morgan fingerprint density at radius 2 is 2.15 bits per heavy atom. The normalized spacial score (nSPS) is 26.9. The van der Waals surface area contributed by atoms with E-state index in [1.54, 1.807) is 0 Å². The second kappa shape index (κ2) is 6.50. The van der Waals surface area contributed by atoms with Gasteiger partial charge in [-0.25, -0.2) is 0 Å². The van der Waals surface area contributed by atoms with E-state index in [0.717, 1.165) is 5.92 Å². The number of likely N-dealkylation sites (tertiary alicyclic amines) is 1. The van der Waals surface area contributed by atoms with Crippen LogP contribution in [0.3, 0.4) is 0 Å². The highest BCUT2D eigenvalue weighted by molar-refractivity contribution is 7.99. The number of benzene rings is 1. The largest absolute Gasteiger partial charge is 0.310 e. The van der Waals surface area contributed by atoms with Crippen LogP contribution in [-0.4, -0.2) is 36.3 Å². The van der Waals surface area contributed by atoms with Gasteiger partial charge in [-0.05, 0) is 63.1 Å². The molecule has 2 nitrogen and oxygen atoms in total. The van der Waals surface area contributed by atoms with E-state index in [4.69, 9.17) is 0 Å². The van der Waals surface area contributed by atoms with Gasteiger partial charge in [-0.3, -0.25) is 0 Å². The fourth-order valence-corrected chi connectivity index (χ4v) is 4.49. The van der Waals surface area contributed by atoms with Crippen molar-refractivity contribution in [1.29, 1.82) is 0 Å². The first-order chi connectivity index (χ1) is 9.74. The maximum absolute atomic E-state index is 3.84. The Morgan fingerprint density at radius 1 is 1.30 bits per heavy atom. The number of rotatable bonds is 4. The lowest BCUT2D eigenvalue weighted by Gasteiger charge is -2.27. The molecule has 0 aromatic heterocycles. The van der Waals surface area contributed by atoms with Crippen LogP contribution in [0.25, 0.3) is 0 Å². The molecule has 2 heterocycles. The molecule has 0 radical (unpaired) electrons. The third-order valence-corrected chi connectivity index (χ3v) is 5.78. The van der Waals surface area contributed by atoms with Crippen LogP contribution >= 0.6 is 11.8 Å². The van der Waals surface area contributed by atoms with E-state index in [2.05, 4.69) is 48.3 Å². The van der Waals surface area contributed by atoms with Crippen molar-refractivity contribution in [2.24, 2.45) is 5.92 Å². The molecule has 2 aliphatic heterocycles. The topological polar surface area (TPSA) is 15.3 Å². The number of nitrogens with zero attached hydrogens (tertiary/aromatic N) is 1. The fourth-order valence-electron chi connectivity index (χ4n) is 3.36. The van der Waals surface area contributed by atoms with Crippen LogP contribution in [0.1, 0.15) is 38.3 Å². The zero-order valence-corrected chi connectivity index (χ0v) is 13.5. The average Bonchev–Trinajstić information content (AvgIpc) is 2.94. The SMILES string of the molecule is CC(C)N1CCC(CNC2CCSc3ccccc32)C1. The summed E-state index contributed by atoms with van der Waals surface area (Å²) in [4.78, 5) is 4.09. The summed E-state index contributed by atoms with van der Waals surface area (Å²) >= 11 is 2.01. The zero-order valence-electron chi connectivity index (χ0n) is 12.6. The number of thioether (sulfide) groups is 1. The first kappa shape index (κ1) is 14.4. The molecule has 110 valence electrons. The van der Waals surface area contributed by atoms with Gasteiger partial charge in [0.25, 0.3) is 0 Å². The van der Waals surface area contributed by atoms with Crippen LogP contribution in [-0.2, 0) is 0 Å². The van der Waals surface area contributed by atoms with Crippen LogP contribution < -0.4 is 5.32 Å². The Hall–Kier alpha value is -0.510. The van der Waals surface area contributed by atoms with Crippen molar-refractivity contribution in [1.82, 2.24) is 10.2 Å². The van der Waals surface area contributed by atoms with Crippen LogP contribution in [0.5, 0.6) is 0 Å². The number of hydrogen-bond donors (Lipinski definition) is 1. The smallest absolute Gasteiger partial charge is 0.0339 e. The maximum atomic E-state index is 3.84. The molecule has 20 heavy (non-hydrogen) atoms. The molecule has 0 spiro atoms. The van der Waals surface area contributed by atoms with Gasteiger partial charge in [0.05, 0.1) is 0 Å². The summed E-state index contributed by atoms with van der Waals surface area (Å²) in [5, 5.41) is 3.84. The molecule has 1 fully saturated rings. The Bertz CT molecular complexity index is 446. The van der Waals surface area contributed by atoms with Crippen LogP contribution in [0.4, 0.5) is 0 Å². The summed E-state index contributed by atoms with van der Waals surface area (Å²) in [7, 11) is 0. The molecule has 2 unspecified atom stereocenters. The average molecular weight is 290 g/mol. The molecule has 0 amide bonds. The van der Waals surface area contributed by atoms with Crippen molar-refractivity contribution in [2.45, 2.75) is 43.7 Å². The number of hydrogen-bond acceptors (Lipinski definition) is 3. The Morgan fingerprint density at radius 3 is 2.95 bits per heavy atom. The quantitative estimate of drug-likeness (QED) is 0.913. The number of fused-ring (bicyclic) bond motifs is 1. The summed E-state index contributed by atoms with van der Waals surface area (Å²) in [6.07, 6.45) is 2.62. The molecule has 3 heteroatoms. The van der Waals surface area contributed by atoms with E-state index in [-0.39, 0.29) is 0 Å². The second-order valence-electron chi connectivity index (χ2n) is 6.38. The van der Waals surface area contributed by atoms with E-state index in [0.29, 0.717) is 12.1 Å². The third-order valence-electron chi connectivity index (χ3n) is 4.66. The summed E-state index contributed by atoms with van der Waals surface area (Å²) in [5.41, 5.74) is 1.52. The lowest BCUT2D eigenvalue weighted by Crippen LogP contribution is -2.32. The van der Waals surface area contributed by atoms with Crippen molar-refractivity contribution in [2.75, 3.05) is 25.4 Å². The van der Waals surface area contributed by atoms with Gasteiger partial charge in [-0.15, -0.1) is 11.8 Å². The Balaban J connectivity index is 1.55. The van der Waals surface area contributed by atoms with E-state index in [1.165, 1.54) is 48.7 Å². The molecular weight excluding hydrogens is 264 g/mol. The predicted molar refractivity (Wildman–Crippen MR) is 87.3 cm³/mol. The van der Waals surface area contributed by atoms with E-state index in [1.807, 2.05) is 11.8 Å². The van der Waals surface area contributed by atoms with Crippen molar-refractivity contribution in [3.63, 3.8) is 0 Å². The maximum Gasteiger partial charge on any atom is 0.0339 e.